The van der Waals surface area contributed by atoms with E-state index in [9.17, 15) is 5.11 Å². The molecule has 0 fully saturated rings. The van der Waals surface area contributed by atoms with E-state index in [0.29, 0.717) is 16.4 Å². The number of rotatable bonds is 1. The smallest absolute Gasteiger partial charge is 0.155 e. The third-order valence-electron chi connectivity index (χ3n) is 3.66. The number of benzene rings is 2. The van der Waals surface area contributed by atoms with Gasteiger partial charge in [0.15, 0.2) is 6.23 Å². The summed E-state index contributed by atoms with van der Waals surface area (Å²) in [5, 5.41) is 13.9. The highest BCUT2D eigenvalue weighted by Crippen LogP contribution is 2.39. The number of aliphatic hydroxyl groups is 1. The molecule has 0 aliphatic carbocycles. The number of imidazole rings is 1. The first-order chi connectivity index (χ1) is 10.6. The number of para-hydroxylation sites is 1. The Morgan fingerprint density at radius 1 is 1.18 bits per heavy atom. The van der Waals surface area contributed by atoms with E-state index in [-0.39, 0.29) is 0 Å². The molecule has 0 spiro atoms. The maximum atomic E-state index is 10.4. The summed E-state index contributed by atoms with van der Waals surface area (Å²) in [5.74, 6) is 0.563. The molecular formula is C16H11BrClN3O. The number of nitrogens with zero attached hydrogens (tertiary/aromatic N) is 1. The zero-order chi connectivity index (χ0) is 15.3. The van der Waals surface area contributed by atoms with E-state index >= 15 is 0 Å². The second kappa shape index (κ2) is 5.12. The topological polar surface area (TPSA) is 60.9 Å². The number of anilines is 1. The highest BCUT2D eigenvalue weighted by molar-refractivity contribution is 9.10. The van der Waals surface area contributed by atoms with Gasteiger partial charge in [-0.25, -0.2) is 4.98 Å². The molecule has 1 atom stereocenters. The second-order valence-electron chi connectivity index (χ2n) is 5.07. The average Bonchev–Trinajstić information content (AvgIpc) is 2.89. The molecule has 0 saturated heterocycles. The van der Waals surface area contributed by atoms with E-state index < -0.39 is 6.23 Å². The van der Waals surface area contributed by atoms with Crippen LogP contribution in [0.5, 0.6) is 0 Å². The Morgan fingerprint density at radius 3 is 2.86 bits per heavy atom. The molecule has 3 aromatic rings. The minimum Gasteiger partial charge on any atom is -0.369 e. The van der Waals surface area contributed by atoms with Gasteiger partial charge in [0, 0.05) is 15.7 Å². The van der Waals surface area contributed by atoms with Crippen LogP contribution in [-0.4, -0.2) is 21.3 Å². The van der Waals surface area contributed by atoms with E-state index in [4.69, 9.17) is 11.6 Å². The molecule has 110 valence electrons. The van der Waals surface area contributed by atoms with Gasteiger partial charge in [-0.2, -0.15) is 0 Å². The Hall–Kier alpha value is -1.82. The fraction of sp³-hybridized carbons (Fsp3) is 0.0625. The molecule has 1 unspecified atom stereocenters. The van der Waals surface area contributed by atoms with Crippen LogP contribution in [0.1, 0.15) is 11.4 Å². The van der Waals surface area contributed by atoms with Gasteiger partial charge in [-0.3, -0.25) is 0 Å². The summed E-state index contributed by atoms with van der Waals surface area (Å²) in [5.41, 5.74) is 3.91. The Morgan fingerprint density at radius 2 is 2.00 bits per heavy atom. The summed E-state index contributed by atoms with van der Waals surface area (Å²) in [6.07, 6.45) is -0.911. The van der Waals surface area contributed by atoms with Gasteiger partial charge in [0.2, 0.25) is 0 Å². The third kappa shape index (κ3) is 2.13. The fourth-order valence-corrected chi connectivity index (χ4v) is 3.35. The van der Waals surface area contributed by atoms with Crippen molar-refractivity contribution in [3.8, 4) is 0 Å². The molecule has 6 heteroatoms. The molecule has 0 radical (unpaired) electrons. The van der Waals surface area contributed by atoms with Gasteiger partial charge in [-0.05, 0) is 24.3 Å². The number of fused-ring (bicyclic) bond motifs is 2. The molecule has 3 N–H and O–H groups in total. The lowest BCUT2D eigenvalue weighted by molar-refractivity contribution is 0.260. The number of H-pyrrole nitrogens is 1. The molecule has 1 aliphatic heterocycles. The van der Waals surface area contributed by atoms with E-state index in [1.165, 1.54) is 0 Å². The van der Waals surface area contributed by atoms with Gasteiger partial charge in [-0.15, -0.1) is 0 Å². The van der Waals surface area contributed by atoms with Crippen LogP contribution >= 0.6 is 27.5 Å². The van der Waals surface area contributed by atoms with E-state index in [1.807, 2.05) is 42.5 Å². The zero-order valence-electron chi connectivity index (χ0n) is 11.3. The van der Waals surface area contributed by atoms with Gasteiger partial charge in [0.1, 0.15) is 5.82 Å². The molecule has 2 heterocycles. The van der Waals surface area contributed by atoms with E-state index in [2.05, 4.69) is 31.2 Å². The lowest BCUT2D eigenvalue weighted by Crippen LogP contribution is -2.25. The van der Waals surface area contributed by atoms with Crippen molar-refractivity contribution in [2.75, 3.05) is 5.32 Å². The van der Waals surface area contributed by atoms with Crippen LogP contribution in [0, 0.1) is 0 Å². The average molecular weight is 377 g/mol. The van der Waals surface area contributed by atoms with E-state index in [0.717, 1.165) is 26.8 Å². The first kappa shape index (κ1) is 13.8. The number of aromatic amines is 1. The Labute approximate surface area is 140 Å². The van der Waals surface area contributed by atoms with Crippen LogP contribution in [0.4, 0.5) is 5.69 Å². The molecule has 22 heavy (non-hydrogen) atoms. The van der Waals surface area contributed by atoms with Crippen LogP contribution in [-0.2, 0) is 0 Å². The SMILES string of the molecule is OC1Nc2ccccc2C(Cl)=C1c1nc2ccc(Br)cc2[nH]1. The van der Waals surface area contributed by atoms with E-state index in [1.54, 1.807) is 0 Å². The minimum atomic E-state index is -0.911. The Bertz CT molecular complexity index is 919. The predicted molar refractivity (Wildman–Crippen MR) is 92.5 cm³/mol. The van der Waals surface area contributed by atoms with Crippen LogP contribution in [0.3, 0.4) is 0 Å². The van der Waals surface area contributed by atoms with Crippen LogP contribution in [0.15, 0.2) is 46.9 Å². The highest BCUT2D eigenvalue weighted by Gasteiger charge is 2.27. The standard InChI is InChI=1S/C16H11BrClN3O/c17-8-5-6-11-12(7-8)20-15(19-11)13-14(18)9-3-1-2-4-10(9)21-16(13)22/h1-7,16,21-22H,(H,19,20). The first-order valence-corrected chi connectivity index (χ1v) is 7.90. The fourth-order valence-electron chi connectivity index (χ4n) is 2.63. The van der Waals surface area contributed by atoms with Gasteiger partial charge in [-0.1, -0.05) is 45.7 Å². The van der Waals surface area contributed by atoms with Crippen LogP contribution in [0.2, 0.25) is 0 Å². The van der Waals surface area contributed by atoms with Gasteiger partial charge >= 0.3 is 0 Å². The van der Waals surface area contributed by atoms with Gasteiger partial charge in [0.05, 0.1) is 21.6 Å². The quantitative estimate of drug-likeness (QED) is 0.597. The summed E-state index contributed by atoms with van der Waals surface area (Å²) in [6, 6.07) is 13.4. The number of nitrogens with one attached hydrogen (secondary N) is 2. The summed E-state index contributed by atoms with van der Waals surface area (Å²) >= 11 is 9.95. The van der Waals surface area contributed by atoms with Crippen molar-refractivity contribution in [1.82, 2.24) is 9.97 Å². The summed E-state index contributed by atoms with van der Waals surface area (Å²) in [7, 11) is 0. The molecular weight excluding hydrogens is 366 g/mol. The highest BCUT2D eigenvalue weighted by atomic mass is 79.9. The molecule has 0 amide bonds. The van der Waals surface area contributed by atoms with Crippen LogP contribution in [0.25, 0.3) is 21.6 Å². The first-order valence-electron chi connectivity index (χ1n) is 6.73. The van der Waals surface area contributed by atoms with Crippen molar-refractivity contribution < 1.29 is 5.11 Å². The minimum absolute atomic E-state index is 0.500. The maximum absolute atomic E-state index is 10.4. The zero-order valence-corrected chi connectivity index (χ0v) is 13.6. The number of aliphatic hydroxyl groups excluding tert-OH is 1. The molecule has 0 saturated carbocycles. The summed E-state index contributed by atoms with van der Waals surface area (Å²) in [6.45, 7) is 0. The number of hydrogen-bond acceptors (Lipinski definition) is 3. The molecule has 4 rings (SSSR count). The second-order valence-corrected chi connectivity index (χ2v) is 6.36. The Kier molecular flexibility index (Phi) is 3.22. The van der Waals surface area contributed by atoms with Crippen molar-refractivity contribution in [1.29, 1.82) is 0 Å². The lowest BCUT2D eigenvalue weighted by Gasteiger charge is -2.25. The molecule has 1 aromatic heterocycles. The molecule has 1 aliphatic rings. The van der Waals surface area contributed by atoms with Crippen molar-refractivity contribution >= 4 is 54.9 Å². The largest absolute Gasteiger partial charge is 0.369 e. The number of hydrogen-bond donors (Lipinski definition) is 3. The molecule has 0 bridgehead atoms. The summed E-state index contributed by atoms with van der Waals surface area (Å²) < 4.78 is 0.961. The Balaban J connectivity index is 1.92. The summed E-state index contributed by atoms with van der Waals surface area (Å²) in [4.78, 5) is 7.75. The van der Waals surface area contributed by atoms with Crippen molar-refractivity contribution in [2.24, 2.45) is 0 Å². The number of aromatic nitrogens is 2. The predicted octanol–water partition coefficient (Wildman–Crippen LogP) is 4.18. The van der Waals surface area contributed by atoms with Gasteiger partial charge in [0.25, 0.3) is 0 Å². The van der Waals surface area contributed by atoms with Crippen molar-refractivity contribution in [3.63, 3.8) is 0 Å². The maximum Gasteiger partial charge on any atom is 0.155 e. The molecule has 4 nitrogen and oxygen atoms in total. The van der Waals surface area contributed by atoms with Crippen LogP contribution < -0.4 is 5.32 Å². The normalized spacial score (nSPS) is 17.5. The van der Waals surface area contributed by atoms with Gasteiger partial charge < -0.3 is 15.4 Å². The lowest BCUT2D eigenvalue weighted by atomic mass is 10.0. The van der Waals surface area contributed by atoms with Crippen molar-refractivity contribution in [3.05, 3.63) is 58.3 Å². The number of halogens is 2. The third-order valence-corrected chi connectivity index (χ3v) is 4.57. The van der Waals surface area contributed by atoms with Crippen molar-refractivity contribution in [2.45, 2.75) is 6.23 Å². The molecule has 2 aromatic carbocycles. The monoisotopic (exact) mass is 375 g/mol.